The van der Waals surface area contributed by atoms with Crippen LogP contribution in [0.5, 0.6) is 0 Å². The molecule has 1 unspecified atom stereocenters. The molecule has 0 saturated heterocycles. The molecule has 0 N–H and O–H groups in total. The molecule has 0 aromatic rings. The molecule has 0 amide bonds. The zero-order valence-electron chi connectivity index (χ0n) is 9.47. The van der Waals surface area contributed by atoms with Gasteiger partial charge in [0.15, 0.2) is 0 Å². The summed E-state index contributed by atoms with van der Waals surface area (Å²) < 4.78 is 78.8. The SMILES string of the molecule is CCOC(=O)C(=[N+]=[N-])C(=O)C(F)(Cl)C(F)(F)C(F)(F)F. The van der Waals surface area contributed by atoms with Crippen molar-refractivity contribution in [2.75, 3.05) is 6.61 Å². The number of hydrogen-bond acceptors (Lipinski definition) is 3. The van der Waals surface area contributed by atoms with Crippen molar-refractivity contribution in [3.63, 3.8) is 0 Å². The fraction of sp³-hybridized carbons (Fsp3) is 0.625. The highest BCUT2D eigenvalue weighted by Crippen LogP contribution is 2.48. The lowest BCUT2D eigenvalue weighted by atomic mass is 10.0. The minimum Gasteiger partial charge on any atom is -0.457 e. The maximum atomic E-state index is 13.3. The Morgan fingerprint density at radius 3 is 1.95 bits per heavy atom. The van der Waals surface area contributed by atoms with Crippen LogP contribution in [0.25, 0.3) is 5.53 Å². The number of Topliss-reactive ketones (excluding diaryl/α,β-unsaturated/α-hetero) is 1. The first-order valence-corrected chi connectivity index (χ1v) is 4.98. The predicted octanol–water partition coefficient (Wildman–Crippen LogP) is 1.89. The molecule has 5 nitrogen and oxygen atoms in total. The van der Waals surface area contributed by atoms with E-state index in [0.29, 0.717) is 0 Å². The van der Waals surface area contributed by atoms with Gasteiger partial charge in [-0.3, -0.25) is 4.79 Å². The van der Waals surface area contributed by atoms with E-state index in [1.165, 1.54) is 6.92 Å². The summed E-state index contributed by atoms with van der Waals surface area (Å²) in [7, 11) is 0. The van der Waals surface area contributed by atoms with Gasteiger partial charge in [-0.15, -0.1) is 0 Å². The summed E-state index contributed by atoms with van der Waals surface area (Å²) in [6.07, 6.45) is -6.52. The first-order valence-electron chi connectivity index (χ1n) is 4.60. The molecule has 114 valence electrons. The van der Waals surface area contributed by atoms with Crippen molar-refractivity contribution in [1.29, 1.82) is 0 Å². The average molecular weight is 327 g/mol. The van der Waals surface area contributed by atoms with Crippen molar-refractivity contribution in [1.82, 2.24) is 0 Å². The summed E-state index contributed by atoms with van der Waals surface area (Å²) in [5.74, 6) is -11.1. The van der Waals surface area contributed by atoms with E-state index < -0.39 is 41.3 Å². The molecule has 0 fully saturated rings. The maximum Gasteiger partial charge on any atom is 0.458 e. The lowest BCUT2D eigenvalue weighted by Gasteiger charge is -2.26. The van der Waals surface area contributed by atoms with E-state index in [1.807, 2.05) is 4.79 Å². The molecular weight excluding hydrogens is 322 g/mol. The van der Waals surface area contributed by atoms with Gasteiger partial charge in [-0.25, -0.2) is 9.18 Å². The van der Waals surface area contributed by atoms with Crippen molar-refractivity contribution >= 4 is 29.1 Å². The van der Waals surface area contributed by atoms with Crippen LogP contribution in [-0.2, 0) is 14.3 Å². The van der Waals surface area contributed by atoms with Crippen molar-refractivity contribution in [3.05, 3.63) is 5.53 Å². The minimum atomic E-state index is -6.52. The number of nitrogens with zero attached hydrogens (tertiary/aromatic N) is 2. The van der Waals surface area contributed by atoms with Crippen LogP contribution in [0.15, 0.2) is 0 Å². The molecule has 0 saturated carbocycles. The van der Waals surface area contributed by atoms with E-state index in [0.717, 1.165) is 0 Å². The standard InChI is InChI=1S/C8H5ClF6N2O3/c1-2-20-5(19)3(17-16)4(18)6(9,10)7(11,12)8(13,14)15/h2H2,1H3. The number of hydrogen-bond donors (Lipinski definition) is 0. The molecule has 0 aliphatic carbocycles. The summed E-state index contributed by atoms with van der Waals surface area (Å²) in [5.41, 5.74) is 6.21. The molecule has 0 aliphatic heterocycles. The molecule has 0 radical (unpaired) electrons. The van der Waals surface area contributed by atoms with Crippen LogP contribution < -0.4 is 0 Å². The fourth-order valence-corrected chi connectivity index (χ4v) is 1.04. The Balaban J connectivity index is 5.69. The number of carbonyl (C=O) groups excluding carboxylic acids is 2. The Labute approximate surface area is 112 Å². The number of rotatable bonds is 5. The third-order valence-corrected chi connectivity index (χ3v) is 2.23. The molecule has 1 atom stereocenters. The zero-order valence-corrected chi connectivity index (χ0v) is 10.2. The number of ether oxygens (including phenoxy) is 1. The van der Waals surface area contributed by atoms with E-state index in [4.69, 9.17) is 5.53 Å². The van der Waals surface area contributed by atoms with E-state index >= 15 is 0 Å². The number of alkyl halides is 7. The van der Waals surface area contributed by atoms with Crippen LogP contribution in [0.1, 0.15) is 6.92 Å². The highest BCUT2D eigenvalue weighted by Gasteiger charge is 2.76. The molecule has 0 bridgehead atoms. The normalized spacial score (nSPS) is 15.0. The van der Waals surface area contributed by atoms with Gasteiger partial charge in [0.05, 0.1) is 6.61 Å². The van der Waals surface area contributed by atoms with Crippen molar-refractivity contribution in [2.45, 2.75) is 24.2 Å². The summed E-state index contributed by atoms with van der Waals surface area (Å²) >= 11 is 4.29. The molecule has 0 rings (SSSR count). The zero-order chi connectivity index (χ0) is 16.4. The lowest BCUT2D eigenvalue weighted by molar-refractivity contribution is -0.305. The largest absolute Gasteiger partial charge is 0.458 e. The van der Waals surface area contributed by atoms with Gasteiger partial charge in [-0.1, -0.05) is 11.6 Å². The van der Waals surface area contributed by atoms with Gasteiger partial charge in [-0.2, -0.15) is 26.7 Å². The molecule has 20 heavy (non-hydrogen) atoms. The molecule has 0 aromatic heterocycles. The smallest absolute Gasteiger partial charge is 0.457 e. The second-order valence-electron chi connectivity index (χ2n) is 3.14. The number of ketones is 1. The summed E-state index contributed by atoms with van der Waals surface area (Å²) in [6, 6.07) is 0. The molecule has 12 heteroatoms. The molecule has 0 aromatic carbocycles. The average Bonchev–Trinajstić information content (AvgIpc) is 2.28. The maximum absolute atomic E-state index is 13.3. The van der Waals surface area contributed by atoms with Crippen LogP contribution in [-0.4, -0.2) is 46.1 Å². The summed E-state index contributed by atoms with van der Waals surface area (Å²) in [4.78, 5) is 23.9. The van der Waals surface area contributed by atoms with Gasteiger partial charge in [0.1, 0.15) is 0 Å². The second-order valence-corrected chi connectivity index (χ2v) is 3.67. The molecule has 0 aliphatic rings. The Hall–Kier alpha value is -1.61. The monoisotopic (exact) mass is 326 g/mol. The summed E-state index contributed by atoms with van der Waals surface area (Å²) in [6.45, 7) is 0.716. The first-order chi connectivity index (χ1) is 8.84. The fourth-order valence-electron chi connectivity index (χ4n) is 0.848. The van der Waals surface area contributed by atoms with Gasteiger partial charge >= 0.3 is 34.7 Å². The quantitative estimate of drug-likeness (QED) is 0.147. The Morgan fingerprint density at radius 1 is 1.20 bits per heavy atom. The van der Waals surface area contributed by atoms with E-state index in [2.05, 4.69) is 16.3 Å². The molecule has 0 spiro atoms. The minimum absolute atomic E-state index is 0.456. The third-order valence-electron chi connectivity index (χ3n) is 1.82. The van der Waals surface area contributed by atoms with Crippen molar-refractivity contribution in [2.24, 2.45) is 0 Å². The van der Waals surface area contributed by atoms with Crippen LogP contribution in [0.2, 0.25) is 0 Å². The van der Waals surface area contributed by atoms with Crippen LogP contribution in [0.4, 0.5) is 26.3 Å². The first kappa shape index (κ1) is 18.4. The lowest BCUT2D eigenvalue weighted by Crippen LogP contribution is -2.58. The second kappa shape index (κ2) is 5.80. The van der Waals surface area contributed by atoms with E-state index in [1.54, 1.807) is 0 Å². The third kappa shape index (κ3) is 3.10. The van der Waals surface area contributed by atoms with Gasteiger partial charge in [0.2, 0.25) is 0 Å². The van der Waals surface area contributed by atoms with Crippen LogP contribution in [0, 0.1) is 0 Å². The van der Waals surface area contributed by atoms with Gasteiger partial charge in [-0.05, 0) is 6.92 Å². The molecule has 0 heterocycles. The summed E-state index contributed by atoms with van der Waals surface area (Å²) in [5, 5.41) is -5.38. The highest BCUT2D eigenvalue weighted by atomic mass is 35.5. The Bertz CT molecular complexity index is 469. The van der Waals surface area contributed by atoms with Crippen LogP contribution in [0.3, 0.4) is 0 Å². The highest BCUT2D eigenvalue weighted by molar-refractivity contribution is 6.68. The van der Waals surface area contributed by atoms with E-state index in [9.17, 15) is 35.9 Å². The van der Waals surface area contributed by atoms with Crippen molar-refractivity contribution < 1.29 is 45.5 Å². The van der Waals surface area contributed by atoms with Gasteiger partial charge < -0.3 is 10.3 Å². The number of carbonyl (C=O) groups is 2. The topological polar surface area (TPSA) is 79.8 Å². The Morgan fingerprint density at radius 2 is 1.65 bits per heavy atom. The van der Waals surface area contributed by atoms with Crippen LogP contribution >= 0.6 is 11.6 Å². The van der Waals surface area contributed by atoms with Crippen molar-refractivity contribution in [3.8, 4) is 0 Å². The molecular formula is C8H5ClF6N2O3. The Kier molecular flexibility index (Phi) is 5.33. The van der Waals surface area contributed by atoms with Gasteiger partial charge in [0.25, 0.3) is 0 Å². The number of esters is 1. The van der Waals surface area contributed by atoms with Gasteiger partial charge in [0, 0.05) is 0 Å². The number of halogens is 7. The van der Waals surface area contributed by atoms with E-state index in [-0.39, 0.29) is 0 Å². The predicted molar refractivity (Wildman–Crippen MR) is 51.0 cm³/mol.